The first kappa shape index (κ1) is 16.0. The van der Waals surface area contributed by atoms with Crippen LogP contribution >= 0.6 is 0 Å². The maximum atomic E-state index is 12.6. The molecule has 3 aromatic rings. The van der Waals surface area contributed by atoms with Gasteiger partial charge in [0.2, 0.25) is 5.91 Å². The quantitative estimate of drug-likeness (QED) is 0.782. The zero-order valence-corrected chi connectivity index (χ0v) is 14.1. The summed E-state index contributed by atoms with van der Waals surface area (Å²) in [4.78, 5) is 21.2. The van der Waals surface area contributed by atoms with Crippen LogP contribution in [0.4, 0.5) is 0 Å². The van der Waals surface area contributed by atoms with E-state index in [0.717, 1.165) is 22.8 Å². The minimum absolute atomic E-state index is 0.0765. The van der Waals surface area contributed by atoms with E-state index in [1.807, 2.05) is 66.6 Å². The topological polar surface area (TPSA) is 64.7 Å². The minimum Gasteiger partial charge on any atom is -0.341 e. The van der Waals surface area contributed by atoms with Gasteiger partial charge in [-0.25, -0.2) is 9.97 Å². The van der Waals surface area contributed by atoms with E-state index < -0.39 is 0 Å². The monoisotopic (exact) mass is 323 g/mol. The van der Waals surface area contributed by atoms with E-state index in [0.29, 0.717) is 0 Å². The highest BCUT2D eigenvalue weighted by Gasteiger charge is 2.21. The molecular weight excluding hydrogens is 302 g/mol. The Labute approximate surface area is 141 Å². The molecule has 1 N–H and O–H groups in total. The van der Waals surface area contributed by atoms with Gasteiger partial charge >= 0.3 is 0 Å². The van der Waals surface area contributed by atoms with Crippen LogP contribution in [0.5, 0.6) is 0 Å². The Hall–Kier alpha value is -2.89. The third-order valence-electron chi connectivity index (χ3n) is 4.21. The number of carbonyl (C=O) groups is 1. The van der Waals surface area contributed by atoms with Gasteiger partial charge in [0.25, 0.3) is 0 Å². The van der Waals surface area contributed by atoms with E-state index >= 15 is 0 Å². The van der Waals surface area contributed by atoms with Gasteiger partial charge in [-0.3, -0.25) is 4.79 Å². The Morgan fingerprint density at radius 3 is 2.54 bits per heavy atom. The Balaban J connectivity index is 1.83. The van der Waals surface area contributed by atoms with Crippen LogP contribution in [-0.4, -0.2) is 25.0 Å². The molecule has 1 aromatic carbocycles. The van der Waals surface area contributed by atoms with Crippen molar-refractivity contribution in [3.05, 3.63) is 71.8 Å². The third-order valence-corrected chi connectivity index (χ3v) is 4.21. The number of amides is 1. The molecule has 1 amide bonds. The minimum atomic E-state index is -0.288. The second-order valence-electron chi connectivity index (χ2n) is 5.85. The van der Waals surface area contributed by atoms with E-state index in [4.69, 9.17) is 0 Å². The number of imidazole rings is 2. The van der Waals surface area contributed by atoms with Gasteiger partial charge in [-0.15, -0.1) is 0 Å². The lowest BCUT2D eigenvalue weighted by Crippen LogP contribution is -2.33. The summed E-state index contributed by atoms with van der Waals surface area (Å²) in [5.41, 5.74) is 2.93. The standard InChI is InChI=1S/C18H21N5O/c1-13-14(2)23(12-20-13)11-16(24)21-17(15-7-5-4-6-8-15)18-19-9-10-22(18)3/h4-10,12,17H,11H2,1-3H3,(H,21,24)/t17-/m1/s1. The number of hydrogen-bond acceptors (Lipinski definition) is 3. The van der Waals surface area contributed by atoms with Gasteiger partial charge < -0.3 is 14.5 Å². The van der Waals surface area contributed by atoms with Gasteiger partial charge in [0.15, 0.2) is 0 Å². The fraction of sp³-hybridized carbons (Fsp3) is 0.278. The molecule has 2 heterocycles. The summed E-state index contributed by atoms with van der Waals surface area (Å²) in [6.45, 7) is 4.13. The van der Waals surface area contributed by atoms with Gasteiger partial charge in [0, 0.05) is 25.1 Å². The largest absolute Gasteiger partial charge is 0.341 e. The van der Waals surface area contributed by atoms with Crippen molar-refractivity contribution in [2.45, 2.75) is 26.4 Å². The summed E-state index contributed by atoms with van der Waals surface area (Å²) in [5.74, 6) is 0.723. The van der Waals surface area contributed by atoms with E-state index in [9.17, 15) is 4.79 Å². The summed E-state index contributed by atoms with van der Waals surface area (Å²) in [6, 6.07) is 9.57. The van der Waals surface area contributed by atoms with Crippen molar-refractivity contribution in [2.75, 3.05) is 0 Å². The fourth-order valence-corrected chi connectivity index (χ4v) is 2.66. The average Bonchev–Trinajstić information content (AvgIpc) is 3.14. The van der Waals surface area contributed by atoms with Gasteiger partial charge in [-0.1, -0.05) is 30.3 Å². The second-order valence-corrected chi connectivity index (χ2v) is 5.85. The zero-order valence-electron chi connectivity index (χ0n) is 14.1. The van der Waals surface area contributed by atoms with E-state index in [2.05, 4.69) is 15.3 Å². The number of aromatic nitrogens is 4. The Kier molecular flexibility index (Phi) is 4.46. The molecule has 6 heteroatoms. The first-order valence-corrected chi connectivity index (χ1v) is 7.86. The van der Waals surface area contributed by atoms with E-state index in [-0.39, 0.29) is 18.5 Å². The lowest BCUT2D eigenvalue weighted by atomic mass is 10.1. The van der Waals surface area contributed by atoms with Crippen molar-refractivity contribution >= 4 is 5.91 Å². The predicted octanol–water partition coefficient (Wildman–Crippen LogP) is 2.14. The molecule has 0 unspecified atom stereocenters. The van der Waals surface area contributed by atoms with Crippen LogP contribution in [0.3, 0.4) is 0 Å². The van der Waals surface area contributed by atoms with Crippen molar-refractivity contribution < 1.29 is 4.79 Å². The van der Waals surface area contributed by atoms with Gasteiger partial charge in [0.05, 0.1) is 12.0 Å². The molecule has 0 saturated carbocycles. The number of nitrogens with one attached hydrogen (secondary N) is 1. The maximum Gasteiger partial charge on any atom is 0.240 e. The van der Waals surface area contributed by atoms with Crippen LogP contribution in [0, 0.1) is 13.8 Å². The lowest BCUT2D eigenvalue weighted by Gasteiger charge is -2.19. The molecule has 0 radical (unpaired) electrons. The third kappa shape index (κ3) is 3.22. The van der Waals surface area contributed by atoms with Gasteiger partial charge in [-0.05, 0) is 19.4 Å². The summed E-state index contributed by atoms with van der Waals surface area (Å²) < 4.78 is 3.77. The maximum absolute atomic E-state index is 12.6. The zero-order chi connectivity index (χ0) is 17.1. The highest BCUT2D eigenvalue weighted by molar-refractivity contribution is 5.76. The molecule has 0 aliphatic rings. The molecule has 0 bridgehead atoms. The molecule has 3 rings (SSSR count). The molecule has 0 saturated heterocycles. The molecule has 0 fully saturated rings. The number of nitrogens with zero attached hydrogens (tertiary/aromatic N) is 4. The number of rotatable bonds is 5. The number of carbonyl (C=O) groups excluding carboxylic acids is 1. The average molecular weight is 323 g/mol. The summed E-state index contributed by atoms with van der Waals surface area (Å²) in [5, 5.41) is 3.09. The molecule has 0 spiro atoms. The number of benzene rings is 1. The molecule has 0 aliphatic heterocycles. The van der Waals surface area contributed by atoms with E-state index in [1.54, 1.807) is 12.5 Å². The van der Waals surface area contributed by atoms with Crippen LogP contribution < -0.4 is 5.32 Å². The lowest BCUT2D eigenvalue weighted by molar-refractivity contribution is -0.122. The van der Waals surface area contributed by atoms with Crippen LogP contribution in [0.1, 0.15) is 28.8 Å². The van der Waals surface area contributed by atoms with E-state index in [1.165, 1.54) is 0 Å². The highest BCUT2D eigenvalue weighted by atomic mass is 16.2. The summed E-state index contributed by atoms with van der Waals surface area (Å²) in [7, 11) is 1.92. The first-order valence-electron chi connectivity index (χ1n) is 7.86. The molecule has 24 heavy (non-hydrogen) atoms. The summed E-state index contributed by atoms with van der Waals surface area (Å²) in [6.07, 6.45) is 5.31. The smallest absolute Gasteiger partial charge is 0.240 e. The Bertz CT molecular complexity index is 834. The van der Waals surface area contributed by atoms with Crippen molar-refractivity contribution in [1.29, 1.82) is 0 Å². The molecular formula is C18H21N5O. The SMILES string of the molecule is Cc1ncn(CC(=O)N[C@H](c2ccccc2)c2nccn2C)c1C. The predicted molar refractivity (Wildman–Crippen MR) is 91.3 cm³/mol. The second kappa shape index (κ2) is 6.70. The van der Waals surface area contributed by atoms with Gasteiger partial charge in [-0.2, -0.15) is 0 Å². The van der Waals surface area contributed by atoms with Gasteiger partial charge in [0.1, 0.15) is 18.4 Å². The van der Waals surface area contributed by atoms with Crippen LogP contribution in [0.15, 0.2) is 49.1 Å². The highest BCUT2D eigenvalue weighted by Crippen LogP contribution is 2.20. The first-order chi connectivity index (χ1) is 11.6. The molecule has 2 aromatic heterocycles. The van der Waals surface area contributed by atoms with Crippen molar-refractivity contribution in [1.82, 2.24) is 24.4 Å². The number of hydrogen-bond donors (Lipinski definition) is 1. The normalized spacial score (nSPS) is 12.1. The molecule has 124 valence electrons. The van der Waals surface area contributed by atoms with Crippen molar-refractivity contribution in [2.24, 2.45) is 7.05 Å². The Morgan fingerprint density at radius 2 is 1.96 bits per heavy atom. The van der Waals surface area contributed by atoms with Crippen molar-refractivity contribution in [3.8, 4) is 0 Å². The Morgan fingerprint density at radius 1 is 1.21 bits per heavy atom. The van der Waals surface area contributed by atoms with Crippen molar-refractivity contribution in [3.63, 3.8) is 0 Å². The summed E-state index contributed by atoms with van der Waals surface area (Å²) >= 11 is 0. The number of aryl methyl sites for hydroxylation is 2. The van der Waals surface area contributed by atoms with Crippen LogP contribution in [-0.2, 0) is 18.4 Å². The molecule has 0 aliphatic carbocycles. The molecule has 6 nitrogen and oxygen atoms in total. The fourth-order valence-electron chi connectivity index (χ4n) is 2.66. The van der Waals surface area contributed by atoms with Crippen LogP contribution in [0.25, 0.3) is 0 Å². The van der Waals surface area contributed by atoms with Crippen LogP contribution in [0.2, 0.25) is 0 Å². The molecule has 1 atom stereocenters.